The van der Waals surface area contributed by atoms with Crippen LogP contribution in [0.4, 0.5) is 0 Å². The van der Waals surface area contributed by atoms with Gasteiger partial charge in [0.05, 0.1) is 12.3 Å². The third-order valence-corrected chi connectivity index (χ3v) is 2.93. The number of nitrogens with zero attached hydrogens (tertiary/aromatic N) is 4. The van der Waals surface area contributed by atoms with E-state index in [1.54, 1.807) is 6.20 Å². The van der Waals surface area contributed by atoms with Crippen molar-refractivity contribution in [3.8, 4) is 11.5 Å². The van der Waals surface area contributed by atoms with Crippen molar-refractivity contribution in [2.45, 2.75) is 18.9 Å². The lowest BCUT2D eigenvalue weighted by molar-refractivity contribution is 0.0822. The number of hydrogen-bond acceptors (Lipinski definition) is 7. The number of nitrogens with one attached hydrogen (secondary N) is 1. The highest BCUT2D eigenvalue weighted by molar-refractivity contribution is 5.89. The highest BCUT2D eigenvalue weighted by atomic mass is 16.5. The van der Waals surface area contributed by atoms with E-state index in [-0.39, 0.29) is 17.8 Å². The number of aromatic nitrogens is 4. The fraction of sp³-hybridized carbons (Fsp3) is 0.417. The smallest absolute Gasteiger partial charge is 0.316 e. The highest BCUT2D eigenvalue weighted by Gasteiger charge is 2.20. The van der Waals surface area contributed by atoms with E-state index in [1.807, 2.05) is 0 Å². The van der Waals surface area contributed by atoms with E-state index >= 15 is 0 Å². The maximum atomic E-state index is 11.8. The van der Waals surface area contributed by atoms with Gasteiger partial charge in [0.1, 0.15) is 5.69 Å². The minimum absolute atomic E-state index is 0.0707. The van der Waals surface area contributed by atoms with E-state index in [2.05, 4.69) is 25.4 Å². The Bertz CT molecular complexity index is 580. The SMILES string of the molecule is O=C(NC[C@H]1CCCO1)c1nc(-c2cnccn2)no1. The third-order valence-electron chi connectivity index (χ3n) is 2.93. The lowest BCUT2D eigenvalue weighted by atomic mass is 10.2. The van der Waals surface area contributed by atoms with Crippen LogP contribution in [0.1, 0.15) is 23.5 Å². The molecule has 1 aliphatic heterocycles. The molecule has 1 N–H and O–H groups in total. The van der Waals surface area contributed by atoms with Gasteiger partial charge in [-0.15, -0.1) is 0 Å². The predicted octanol–water partition coefficient (Wildman–Crippen LogP) is 0.435. The monoisotopic (exact) mass is 275 g/mol. The Labute approximate surface area is 114 Å². The first kappa shape index (κ1) is 12.7. The first-order chi connectivity index (χ1) is 9.83. The molecule has 8 nitrogen and oxygen atoms in total. The standard InChI is InChI=1S/C12H13N5O3/c18-11(15-6-8-2-1-5-19-8)12-16-10(17-20-12)9-7-13-3-4-14-9/h3-4,7-8H,1-2,5-6H2,(H,15,18)/t8-/m1/s1. The second-order valence-corrected chi connectivity index (χ2v) is 4.36. The van der Waals surface area contributed by atoms with Crippen molar-refractivity contribution in [1.29, 1.82) is 0 Å². The molecule has 1 saturated heterocycles. The molecule has 1 aliphatic rings. The molecule has 1 amide bonds. The molecule has 0 aromatic carbocycles. The molecule has 3 rings (SSSR count). The van der Waals surface area contributed by atoms with E-state index in [0.717, 1.165) is 19.4 Å². The fourth-order valence-electron chi connectivity index (χ4n) is 1.92. The Balaban J connectivity index is 1.62. The van der Waals surface area contributed by atoms with Crippen LogP contribution in [0.15, 0.2) is 23.1 Å². The quantitative estimate of drug-likeness (QED) is 0.863. The third kappa shape index (κ3) is 2.80. The van der Waals surface area contributed by atoms with Crippen molar-refractivity contribution >= 4 is 5.91 Å². The molecular weight excluding hydrogens is 262 g/mol. The molecule has 1 atom stereocenters. The zero-order valence-electron chi connectivity index (χ0n) is 10.7. The summed E-state index contributed by atoms with van der Waals surface area (Å²) in [4.78, 5) is 23.8. The van der Waals surface area contributed by atoms with Crippen LogP contribution in [0.3, 0.4) is 0 Å². The maximum Gasteiger partial charge on any atom is 0.316 e. The lowest BCUT2D eigenvalue weighted by Crippen LogP contribution is -2.31. The summed E-state index contributed by atoms with van der Waals surface area (Å²) in [6.45, 7) is 1.19. The topological polar surface area (TPSA) is 103 Å². The number of amides is 1. The molecule has 8 heteroatoms. The van der Waals surface area contributed by atoms with Gasteiger partial charge in [0.25, 0.3) is 0 Å². The van der Waals surface area contributed by atoms with Crippen LogP contribution in [0.2, 0.25) is 0 Å². The molecule has 0 bridgehead atoms. The first-order valence-corrected chi connectivity index (χ1v) is 6.33. The molecule has 104 valence electrons. The van der Waals surface area contributed by atoms with Crippen LogP contribution < -0.4 is 5.32 Å². The van der Waals surface area contributed by atoms with Crippen LogP contribution >= 0.6 is 0 Å². The summed E-state index contributed by atoms with van der Waals surface area (Å²) in [6, 6.07) is 0. The van der Waals surface area contributed by atoms with Crippen molar-refractivity contribution in [3.63, 3.8) is 0 Å². The van der Waals surface area contributed by atoms with Crippen LogP contribution in [-0.4, -0.2) is 45.3 Å². The van der Waals surface area contributed by atoms with Crippen LogP contribution in [-0.2, 0) is 4.74 Å². The molecule has 0 radical (unpaired) electrons. The first-order valence-electron chi connectivity index (χ1n) is 6.33. The second-order valence-electron chi connectivity index (χ2n) is 4.36. The van der Waals surface area contributed by atoms with E-state index in [9.17, 15) is 4.79 Å². The Morgan fingerprint density at radius 2 is 2.40 bits per heavy atom. The summed E-state index contributed by atoms with van der Waals surface area (Å²) < 4.78 is 10.3. The average Bonchev–Trinajstić information content (AvgIpc) is 3.17. The van der Waals surface area contributed by atoms with Crippen LogP contribution in [0, 0.1) is 0 Å². The Kier molecular flexibility index (Phi) is 3.64. The van der Waals surface area contributed by atoms with E-state index in [0.29, 0.717) is 12.2 Å². The molecule has 1 fully saturated rings. The van der Waals surface area contributed by atoms with E-state index < -0.39 is 5.91 Å². The Hall–Kier alpha value is -2.35. The molecule has 2 aromatic rings. The van der Waals surface area contributed by atoms with Gasteiger partial charge in [-0.2, -0.15) is 4.98 Å². The Morgan fingerprint density at radius 3 is 3.15 bits per heavy atom. The number of ether oxygens (including phenoxy) is 1. The number of carbonyl (C=O) groups is 1. The summed E-state index contributed by atoms with van der Waals surface area (Å²) in [5.74, 6) is -0.271. The van der Waals surface area contributed by atoms with Crippen molar-refractivity contribution in [3.05, 3.63) is 24.5 Å². The van der Waals surface area contributed by atoms with Gasteiger partial charge < -0.3 is 14.6 Å². The van der Waals surface area contributed by atoms with Gasteiger partial charge in [0, 0.05) is 25.5 Å². The maximum absolute atomic E-state index is 11.8. The summed E-state index contributed by atoms with van der Waals surface area (Å²) in [5.41, 5.74) is 0.453. The normalized spacial score (nSPS) is 18.1. The van der Waals surface area contributed by atoms with Gasteiger partial charge in [0.2, 0.25) is 5.82 Å². The van der Waals surface area contributed by atoms with Gasteiger partial charge in [0.15, 0.2) is 0 Å². The summed E-state index contributed by atoms with van der Waals surface area (Å²) in [5, 5.41) is 6.42. The van der Waals surface area contributed by atoms with Gasteiger partial charge in [-0.1, -0.05) is 5.16 Å². The molecule has 3 heterocycles. The minimum Gasteiger partial charge on any atom is -0.376 e. The molecule has 20 heavy (non-hydrogen) atoms. The van der Waals surface area contributed by atoms with Crippen molar-refractivity contribution in [1.82, 2.24) is 25.4 Å². The van der Waals surface area contributed by atoms with Gasteiger partial charge in [-0.3, -0.25) is 9.78 Å². The largest absolute Gasteiger partial charge is 0.376 e. The summed E-state index contributed by atoms with van der Waals surface area (Å²) >= 11 is 0. The molecular formula is C12H13N5O3. The molecule has 0 spiro atoms. The Morgan fingerprint density at radius 1 is 1.45 bits per heavy atom. The van der Waals surface area contributed by atoms with Gasteiger partial charge in [-0.05, 0) is 12.8 Å². The minimum atomic E-state index is -0.414. The lowest BCUT2D eigenvalue weighted by Gasteiger charge is -2.08. The fourth-order valence-corrected chi connectivity index (χ4v) is 1.92. The second kappa shape index (κ2) is 5.74. The average molecular weight is 275 g/mol. The number of carbonyl (C=O) groups excluding carboxylic acids is 1. The van der Waals surface area contributed by atoms with Gasteiger partial charge in [-0.25, -0.2) is 4.98 Å². The molecule has 0 unspecified atom stereocenters. The van der Waals surface area contributed by atoms with Crippen molar-refractivity contribution in [2.24, 2.45) is 0 Å². The van der Waals surface area contributed by atoms with E-state index in [4.69, 9.17) is 9.26 Å². The predicted molar refractivity (Wildman–Crippen MR) is 66.6 cm³/mol. The van der Waals surface area contributed by atoms with Crippen molar-refractivity contribution < 1.29 is 14.1 Å². The molecule has 2 aromatic heterocycles. The van der Waals surface area contributed by atoms with Gasteiger partial charge >= 0.3 is 11.8 Å². The summed E-state index contributed by atoms with van der Waals surface area (Å²) in [7, 11) is 0. The zero-order chi connectivity index (χ0) is 13.8. The highest BCUT2D eigenvalue weighted by Crippen LogP contribution is 2.12. The van der Waals surface area contributed by atoms with Crippen LogP contribution in [0.5, 0.6) is 0 Å². The number of rotatable bonds is 4. The van der Waals surface area contributed by atoms with E-state index in [1.165, 1.54) is 12.4 Å². The van der Waals surface area contributed by atoms with Crippen LogP contribution in [0.25, 0.3) is 11.5 Å². The molecule has 0 saturated carbocycles. The molecule has 0 aliphatic carbocycles. The summed E-state index contributed by atoms with van der Waals surface area (Å²) in [6.07, 6.45) is 6.61. The van der Waals surface area contributed by atoms with Crippen molar-refractivity contribution in [2.75, 3.05) is 13.2 Å². The zero-order valence-corrected chi connectivity index (χ0v) is 10.7. The number of hydrogen-bond donors (Lipinski definition) is 1.